The van der Waals surface area contributed by atoms with Gasteiger partial charge in [0.05, 0.1) is 40.5 Å². The van der Waals surface area contributed by atoms with Crippen molar-refractivity contribution in [2.45, 2.75) is 32.7 Å². The molecule has 0 aliphatic carbocycles. The molecule has 0 fully saturated rings. The van der Waals surface area contributed by atoms with E-state index in [4.69, 9.17) is 8.53 Å². The molecular weight excluding hydrogens is 1310 g/mol. The second-order valence-electron chi connectivity index (χ2n) is 26.0. The van der Waals surface area contributed by atoms with Crippen molar-refractivity contribution < 1.29 is 31.4 Å². The molecule has 0 atom stereocenters. The van der Waals surface area contributed by atoms with Crippen LogP contribution in [-0.2, 0) is 46.7 Å². The lowest BCUT2D eigenvalue weighted by Gasteiger charge is -2.04. The second-order valence-corrected chi connectivity index (χ2v) is 27.0. The molecule has 0 spiro atoms. The fraction of sp³-hybridized carbons (Fsp3) is 0.0897. The number of hydrogen-bond acceptors (Lipinski definition) is 12. The highest BCUT2D eigenvalue weighted by Gasteiger charge is 2.39. The van der Waals surface area contributed by atoms with Gasteiger partial charge in [-0.3, -0.25) is 49.4 Å². The van der Waals surface area contributed by atoms with Crippen LogP contribution in [0.4, 0.5) is 0 Å². The SMILES string of the molecule is Cn1c2ccncc2n2c[n+]3c(c12)-c1ncccc1C3.[2H]C([2H])([2H])n1c2ccncc2n2c[n+]3c(c12)-c1ncccc1C3.c1ccc(-n2c3ccncc3n3c[n+]4c(c23)-c2ncccc2C4)cc1.c1cnc2c(c1)C[n+]1cc3sc4cnccc4n3c1-2.c1cnc2c(c1)C[n+]1cn3c(oc4ccncc43)c1-2. The maximum atomic E-state index is 7.97. The number of hydrogen-bond donors (Lipinski definition) is 0. The van der Waals surface area contributed by atoms with Crippen LogP contribution in [0.3, 0.4) is 0 Å². The van der Waals surface area contributed by atoms with Gasteiger partial charge in [-0.15, -0.1) is 0 Å². The van der Waals surface area contributed by atoms with Crippen LogP contribution in [0.15, 0.2) is 250 Å². The predicted molar refractivity (Wildman–Crippen MR) is 384 cm³/mol. The first-order chi connectivity index (χ1) is 52.1. The van der Waals surface area contributed by atoms with Crippen molar-refractivity contribution in [1.82, 2.24) is 85.5 Å². The maximum Gasteiger partial charge on any atom is 0.346 e. The van der Waals surface area contributed by atoms with Crippen molar-refractivity contribution in [2.24, 2.45) is 14.0 Å². The van der Waals surface area contributed by atoms with Crippen molar-refractivity contribution in [3.63, 3.8) is 0 Å². The van der Waals surface area contributed by atoms with E-state index < -0.39 is 6.98 Å². The molecule has 0 saturated carbocycles. The number of rotatable bonds is 1. The molecule has 490 valence electrons. The van der Waals surface area contributed by atoms with Gasteiger partial charge in [0.2, 0.25) is 27.6 Å². The fourth-order valence-electron chi connectivity index (χ4n) is 15.9. The summed E-state index contributed by atoms with van der Waals surface area (Å²) in [5, 5.41) is 0. The first-order valence-electron chi connectivity index (χ1n) is 35.1. The van der Waals surface area contributed by atoms with Crippen LogP contribution in [0.2, 0.25) is 0 Å². The zero-order valence-corrected chi connectivity index (χ0v) is 55.5. The molecule has 0 bridgehead atoms. The quantitative estimate of drug-likeness (QED) is 0.142. The highest BCUT2D eigenvalue weighted by molar-refractivity contribution is 7.23. The predicted octanol–water partition coefficient (Wildman–Crippen LogP) is 10.1. The van der Waals surface area contributed by atoms with Crippen molar-refractivity contribution in [3.8, 4) is 62.8 Å². The van der Waals surface area contributed by atoms with Gasteiger partial charge in [0, 0.05) is 132 Å². The minimum Gasteiger partial charge on any atom is -0.415 e. The summed E-state index contributed by atoms with van der Waals surface area (Å²) >= 11 is 1.77. The summed E-state index contributed by atoms with van der Waals surface area (Å²) in [5.74, 6) is 1.18. The number of aryl methyl sites for hydroxylation is 2. The minimum absolute atomic E-state index is 0.630. The number of fused-ring (bicyclic) bond motifs is 35. The van der Waals surface area contributed by atoms with Crippen LogP contribution in [0.25, 0.3) is 145 Å². The van der Waals surface area contributed by atoms with Crippen LogP contribution in [0.1, 0.15) is 31.9 Å². The largest absolute Gasteiger partial charge is 0.415 e. The average molecular weight is 1370 g/mol. The molecule has 0 unspecified atom stereocenters. The maximum absolute atomic E-state index is 7.97. The van der Waals surface area contributed by atoms with Crippen LogP contribution in [0.5, 0.6) is 0 Å². The number of pyridine rings is 10. The van der Waals surface area contributed by atoms with E-state index in [-0.39, 0.29) is 0 Å². The first kappa shape index (κ1) is 54.1. The normalized spacial score (nSPS) is 13.5. The Bertz CT molecular complexity index is 7240. The van der Waals surface area contributed by atoms with E-state index in [0.29, 0.717) is 17.7 Å². The number of nitrogens with zero attached hydrogens (tertiary/aromatic N) is 23. The van der Waals surface area contributed by atoms with E-state index in [1.54, 1.807) is 42.2 Å². The molecule has 0 N–H and O–H groups in total. The Hall–Kier alpha value is -13.8. The van der Waals surface area contributed by atoms with Crippen molar-refractivity contribution in [1.29, 1.82) is 0 Å². The zero-order valence-electron chi connectivity index (χ0n) is 57.7. The van der Waals surface area contributed by atoms with E-state index >= 15 is 0 Å². The van der Waals surface area contributed by atoms with Gasteiger partial charge in [0.1, 0.15) is 67.2 Å². The second kappa shape index (κ2) is 21.8. The molecule has 5 aliphatic rings. The molecule has 0 saturated heterocycles. The third-order valence-electron chi connectivity index (χ3n) is 20.3. The summed E-state index contributed by atoms with van der Waals surface area (Å²) < 4.78 is 58.7. The van der Waals surface area contributed by atoms with Crippen molar-refractivity contribution >= 4 is 93.2 Å². The summed E-state index contributed by atoms with van der Waals surface area (Å²) in [5.41, 5.74) is 29.5. The Balaban J connectivity index is 0.0000000830. The third kappa shape index (κ3) is 8.35. The molecular formula is C78H56N23OS+5. The summed E-state index contributed by atoms with van der Waals surface area (Å²) in [4.78, 5) is 45.1. The fourth-order valence-corrected chi connectivity index (χ4v) is 17.0. The van der Waals surface area contributed by atoms with Gasteiger partial charge >= 0.3 is 11.5 Å². The first-order valence-corrected chi connectivity index (χ1v) is 34.4. The van der Waals surface area contributed by atoms with E-state index in [1.807, 2.05) is 142 Å². The molecule has 20 aromatic heterocycles. The molecule has 103 heavy (non-hydrogen) atoms. The van der Waals surface area contributed by atoms with Gasteiger partial charge in [-0.2, -0.15) is 22.0 Å². The standard InChI is InChI=1S/C20H14N5.2C15H12N5.C14H9N4O.C14H9N4S/c1-2-6-15(7-3-1)25-16-8-10-21-11-17(16)24-13-23-12-14-5-4-9-22-18(14)19(23)20(24)25;2*1-18-11-4-6-16-7-12(11)20-9-19-8-10-3-2-5-17-13(10)14(19)15(18)20;1-2-9-7-17-8-18-10-6-15-5-3-11(10)19-14(18)13(17)12(9)16-4-1;1-2-9-7-17-8-12-18(14(17)13(9)16-4-1)10-3-5-15-6-11(10)19-12/h1-11,13H,12H2;2*2-7,9H,8H2,1H3;2*1-6,8H,7H2/q5*+1/i;1D3;;;. The average Bonchev–Trinajstić information content (AvgIpc) is 1.56. The summed E-state index contributed by atoms with van der Waals surface area (Å²) in [6.07, 6.45) is 37.8. The van der Waals surface area contributed by atoms with Gasteiger partial charge in [-0.1, -0.05) is 59.9 Å². The molecule has 26 rings (SSSR count). The van der Waals surface area contributed by atoms with Gasteiger partial charge in [0.15, 0.2) is 38.9 Å². The number of thiazole rings is 1. The van der Waals surface area contributed by atoms with E-state index in [2.05, 4.69) is 183 Å². The molecule has 25 heteroatoms. The summed E-state index contributed by atoms with van der Waals surface area (Å²) in [6.45, 7) is 1.92. The third-order valence-corrected chi connectivity index (χ3v) is 21.3. The Morgan fingerprint density at radius 2 is 0.825 bits per heavy atom. The van der Waals surface area contributed by atoms with Crippen LogP contribution in [-0.4, -0.2) is 85.5 Å². The molecule has 24 nitrogen and oxygen atoms in total. The van der Waals surface area contributed by atoms with Gasteiger partial charge in [-0.05, 0) is 60.7 Å². The molecule has 5 aliphatic heterocycles. The lowest BCUT2D eigenvalue weighted by molar-refractivity contribution is -0.671. The monoisotopic (exact) mass is 1370 g/mol. The molecule has 21 aromatic rings. The van der Waals surface area contributed by atoms with Crippen molar-refractivity contribution in [2.75, 3.05) is 0 Å². The van der Waals surface area contributed by atoms with Gasteiger partial charge in [0.25, 0.3) is 42.3 Å². The topological polar surface area (TPSA) is 198 Å². The molecule has 1 aromatic carbocycles. The molecule has 0 amide bonds. The number of oxazole rings is 1. The Labute approximate surface area is 590 Å². The smallest absolute Gasteiger partial charge is 0.346 e. The molecule has 25 heterocycles. The highest BCUT2D eigenvalue weighted by atomic mass is 32.1. The van der Waals surface area contributed by atoms with Crippen LogP contribution >= 0.6 is 11.3 Å². The van der Waals surface area contributed by atoms with E-state index in [1.165, 1.54) is 64.6 Å². The minimum atomic E-state index is -2.28. The number of para-hydroxylation sites is 1. The van der Waals surface area contributed by atoms with Gasteiger partial charge in [-0.25, -0.2) is 27.8 Å². The highest BCUT2D eigenvalue weighted by Crippen LogP contribution is 2.39. The van der Waals surface area contributed by atoms with E-state index in [9.17, 15) is 0 Å². The Morgan fingerprint density at radius 1 is 0.388 bits per heavy atom. The Kier molecular flexibility index (Phi) is 11.5. The summed E-state index contributed by atoms with van der Waals surface area (Å²) in [7, 11) is 2.10. The van der Waals surface area contributed by atoms with Crippen molar-refractivity contribution in [3.05, 3.63) is 274 Å². The van der Waals surface area contributed by atoms with Crippen LogP contribution in [0, 0.1) is 0 Å². The molecule has 0 radical (unpaired) electrons. The zero-order chi connectivity index (χ0) is 70.2. The van der Waals surface area contributed by atoms with Gasteiger partial charge < -0.3 is 13.6 Å². The van der Waals surface area contributed by atoms with E-state index in [0.717, 1.165) is 128 Å². The lowest BCUT2D eigenvalue weighted by Crippen LogP contribution is -2.29. The lowest BCUT2D eigenvalue weighted by atomic mass is 10.2. The Morgan fingerprint density at radius 3 is 1.41 bits per heavy atom. The van der Waals surface area contributed by atoms with Crippen LogP contribution < -0.4 is 22.8 Å². The summed E-state index contributed by atoms with van der Waals surface area (Å²) in [6, 6.07) is 40.7. The number of imidazole rings is 8. The number of benzene rings is 1. The number of aromatic nitrogens is 23.